The molecule has 0 radical (unpaired) electrons. The Kier molecular flexibility index (Phi) is 6.63. The van der Waals surface area contributed by atoms with Gasteiger partial charge in [-0.3, -0.25) is 9.69 Å². The molecule has 34 heavy (non-hydrogen) atoms. The number of hydrazone groups is 1. The molecule has 0 aromatic heterocycles. The van der Waals surface area contributed by atoms with E-state index in [4.69, 9.17) is 19.3 Å². The van der Waals surface area contributed by atoms with E-state index in [1.807, 2.05) is 31.2 Å². The molecule has 2 saturated heterocycles. The normalized spacial score (nSPS) is 22.2. The lowest BCUT2D eigenvalue weighted by Crippen LogP contribution is -2.48. The van der Waals surface area contributed by atoms with Crippen molar-refractivity contribution in [1.29, 1.82) is 0 Å². The number of carbonyl (C=O) groups is 1. The van der Waals surface area contributed by atoms with Crippen molar-refractivity contribution < 1.29 is 23.4 Å². The van der Waals surface area contributed by atoms with E-state index in [9.17, 15) is 9.18 Å². The van der Waals surface area contributed by atoms with Crippen molar-refractivity contribution in [1.82, 2.24) is 9.91 Å². The van der Waals surface area contributed by atoms with Crippen LogP contribution in [0.4, 0.5) is 4.39 Å². The smallest absolute Gasteiger partial charge is 0.257 e. The molecule has 3 aliphatic heterocycles. The number of hydrogen-bond acceptors (Lipinski definition) is 6. The zero-order valence-electron chi connectivity index (χ0n) is 19.4. The lowest BCUT2D eigenvalue weighted by Gasteiger charge is -2.37. The third-order valence-electron chi connectivity index (χ3n) is 6.71. The monoisotopic (exact) mass is 467 g/mol. The van der Waals surface area contributed by atoms with Crippen molar-refractivity contribution in [3.05, 3.63) is 65.5 Å². The number of likely N-dealkylation sites (tertiary alicyclic amines) is 1. The minimum Gasteiger partial charge on any atom is -0.494 e. The lowest BCUT2D eigenvalue weighted by atomic mass is 9.98. The number of carbonyl (C=O) groups excluding carboxylic acids is 1. The molecular formula is C26H30FN3O4. The van der Waals surface area contributed by atoms with Crippen LogP contribution in [0, 0.1) is 5.82 Å². The summed E-state index contributed by atoms with van der Waals surface area (Å²) in [6.45, 7) is 5.57. The van der Waals surface area contributed by atoms with Crippen LogP contribution >= 0.6 is 0 Å². The first-order valence-corrected chi connectivity index (χ1v) is 11.9. The van der Waals surface area contributed by atoms with Crippen LogP contribution in [0.25, 0.3) is 0 Å². The van der Waals surface area contributed by atoms with Gasteiger partial charge in [0, 0.05) is 32.4 Å². The van der Waals surface area contributed by atoms with Gasteiger partial charge in [-0.05, 0) is 42.3 Å². The number of amides is 1. The molecule has 1 spiro atoms. The summed E-state index contributed by atoms with van der Waals surface area (Å²) in [6.07, 6.45) is 2.08. The number of piperidine rings is 1. The molecule has 3 aliphatic rings. The van der Waals surface area contributed by atoms with Crippen molar-refractivity contribution in [2.45, 2.75) is 38.0 Å². The third kappa shape index (κ3) is 4.85. The molecule has 1 amide bonds. The Hall–Kier alpha value is -2.81. The Morgan fingerprint density at radius 3 is 2.41 bits per heavy atom. The van der Waals surface area contributed by atoms with Crippen LogP contribution in [0.15, 0.2) is 53.6 Å². The molecule has 180 valence electrons. The van der Waals surface area contributed by atoms with Crippen molar-refractivity contribution in [2.75, 3.05) is 39.5 Å². The highest BCUT2D eigenvalue weighted by molar-refractivity contribution is 6.03. The van der Waals surface area contributed by atoms with Crippen molar-refractivity contribution in [2.24, 2.45) is 5.10 Å². The van der Waals surface area contributed by atoms with Crippen molar-refractivity contribution in [3.63, 3.8) is 0 Å². The molecule has 0 bridgehead atoms. The van der Waals surface area contributed by atoms with Crippen LogP contribution in [-0.4, -0.2) is 66.8 Å². The molecule has 0 aliphatic carbocycles. The number of halogens is 1. The van der Waals surface area contributed by atoms with Gasteiger partial charge in [-0.2, -0.15) is 5.10 Å². The van der Waals surface area contributed by atoms with E-state index >= 15 is 0 Å². The average Bonchev–Trinajstić information content (AvgIpc) is 3.50. The minimum absolute atomic E-state index is 0.0554. The molecule has 2 fully saturated rings. The second-order valence-electron chi connectivity index (χ2n) is 8.90. The zero-order valence-corrected chi connectivity index (χ0v) is 19.4. The van der Waals surface area contributed by atoms with E-state index < -0.39 is 5.79 Å². The van der Waals surface area contributed by atoms with Crippen LogP contribution in [-0.2, 0) is 14.3 Å². The predicted octanol–water partition coefficient (Wildman–Crippen LogP) is 3.74. The third-order valence-corrected chi connectivity index (χ3v) is 6.71. The molecule has 8 heteroatoms. The second kappa shape index (κ2) is 9.82. The first-order valence-electron chi connectivity index (χ1n) is 11.9. The number of benzene rings is 2. The van der Waals surface area contributed by atoms with Crippen LogP contribution in [0.2, 0.25) is 0 Å². The van der Waals surface area contributed by atoms with Gasteiger partial charge in [0.05, 0.1) is 38.1 Å². The Labute approximate surface area is 199 Å². The maximum Gasteiger partial charge on any atom is 0.257 e. The summed E-state index contributed by atoms with van der Waals surface area (Å²) in [5.74, 6) is -0.0246. The van der Waals surface area contributed by atoms with Crippen molar-refractivity contribution >= 4 is 11.6 Å². The quantitative estimate of drug-likeness (QED) is 0.648. The maximum absolute atomic E-state index is 13.5. The summed E-state index contributed by atoms with van der Waals surface area (Å²) in [7, 11) is 0. The van der Waals surface area contributed by atoms with Crippen LogP contribution < -0.4 is 4.74 Å². The van der Waals surface area contributed by atoms with E-state index in [2.05, 4.69) is 4.90 Å². The molecule has 2 aromatic carbocycles. The van der Waals surface area contributed by atoms with E-state index in [0.717, 1.165) is 48.5 Å². The van der Waals surface area contributed by atoms with E-state index in [0.29, 0.717) is 26.2 Å². The first kappa shape index (κ1) is 23.0. The molecule has 0 unspecified atom stereocenters. The van der Waals surface area contributed by atoms with Gasteiger partial charge in [0.15, 0.2) is 5.79 Å². The molecule has 0 N–H and O–H groups in total. The summed E-state index contributed by atoms with van der Waals surface area (Å²) in [6, 6.07) is 13.9. The molecular weight excluding hydrogens is 437 g/mol. The van der Waals surface area contributed by atoms with Gasteiger partial charge in [-0.1, -0.05) is 24.3 Å². The van der Waals surface area contributed by atoms with E-state index in [1.54, 1.807) is 17.1 Å². The number of nitrogens with zero attached hydrogens (tertiary/aromatic N) is 3. The van der Waals surface area contributed by atoms with Crippen molar-refractivity contribution in [3.8, 4) is 5.75 Å². The number of rotatable bonds is 6. The van der Waals surface area contributed by atoms with Gasteiger partial charge in [0.2, 0.25) is 0 Å². The van der Waals surface area contributed by atoms with Gasteiger partial charge in [0.25, 0.3) is 5.91 Å². The minimum atomic E-state index is -0.466. The fourth-order valence-corrected chi connectivity index (χ4v) is 4.87. The average molecular weight is 468 g/mol. The summed E-state index contributed by atoms with van der Waals surface area (Å²) < 4.78 is 30.6. The summed E-state index contributed by atoms with van der Waals surface area (Å²) >= 11 is 0. The van der Waals surface area contributed by atoms with Gasteiger partial charge in [0.1, 0.15) is 11.6 Å². The van der Waals surface area contributed by atoms with Gasteiger partial charge in [-0.15, -0.1) is 0 Å². The number of ether oxygens (including phenoxy) is 3. The molecule has 0 saturated carbocycles. The van der Waals surface area contributed by atoms with Gasteiger partial charge in [-0.25, -0.2) is 9.40 Å². The second-order valence-corrected chi connectivity index (χ2v) is 8.90. The largest absolute Gasteiger partial charge is 0.494 e. The molecule has 3 heterocycles. The molecule has 5 rings (SSSR count). The highest BCUT2D eigenvalue weighted by Crippen LogP contribution is 2.35. The van der Waals surface area contributed by atoms with Crippen LogP contribution in [0.3, 0.4) is 0 Å². The lowest BCUT2D eigenvalue weighted by molar-refractivity contribution is -0.186. The maximum atomic E-state index is 13.5. The zero-order chi connectivity index (χ0) is 23.5. The van der Waals surface area contributed by atoms with E-state index in [1.165, 1.54) is 12.1 Å². The van der Waals surface area contributed by atoms with E-state index in [-0.39, 0.29) is 24.3 Å². The summed E-state index contributed by atoms with van der Waals surface area (Å²) in [5.41, 5.74) is 2.59. The highest BCUT2D eigenvalue weighted by atomic mass is 19.1. The van der Waals surface area contributed by atoms with Gasteiger partial charge >= 0.3 is 0 Å². The Morgan fingerprint density at radius 2 is 1.76 bits per heavy atom. The standard InChI is InChI=1S/C26H30FN3O4/c1-2-32-22-9-5-20(6-10-22)24-17-23(19-3-7-21(27)8-4-19)28-30(24)25(31)18-29-13-11-26(12-14-29)33-15-16-34-26/h3-10,24H,2,11-18H2,1H3/t24-/m1/s1. The fraction of sp³-hybridized carbons (Fsp3) is 0.462. The van der Waals surface area contributed by atoms with Crippen LogP contribution in [0.1, 0.15) is 43.4 Å². The van der Waals surface area contributed by atoms with Gasteiger partial charge < -0.3 is 14.2 Å². The number of hydrogen-bond donors (Lipinski definition) is 0. The highest BCUT2D eigenvalue weighted by Gasteiger charge is 2.41. The first-order chi connectivity index (χ1) is 16.5. The Bertz CT molecular complexity index is 1030. The topological polar surface area (TPSA) is 63.6 Å². The molecule has 7 nitrogen and oxygen atoms in total. The SMILES string of the molecule is CCOc1ccc([C@H]2CC(c3ccc(F)cc3)=NN2C(=O)CN2CCC3(CC2)OCCO3)cc1. The molecule has 2 aromatic rings. The Balaban J connectivity index is 1.33. The Morgan fingerprint density at radius 1 is 1.09 bits per heavy atom. The predicted molar refractivity (Wildman–Crippen MR) is 125 cm³/mol. The summed E-state index contributed by atoms with van der Waals surface area (Å²) in [4.78, 5) is 15.6. The summed E-state index contributed by atoms with van der Waals surface area (Å²) in [5, 5.41) is 6.31. The van der Waals surface area contributed by atoms with Crippen LogP contribution in [0.5, 0.6) is 5.75 Å². The fourth-order valence-electron chi connectivity index (χ4n) is 4.87. The molecule has 1 atom stereocenters.